The van der Waals surface area contributed by atoms with Crippen LogP contribution in [0.1, 0.15) is 5.69 Å². The minimum Gasteiger partial charge on any atom is -0.357 e. The lowest BCUT2D eigenvalue weighted by atomic mass is 10.3. The van der Waals surface area contributed by atoms with Crippen LogP contribution in [0.15, 0.2) is 30.5 Å². The van der Waals surface area contributed by atoms with E-state index in [0.29, 0.717) is 27.4 Å². The summed E-state index contributed by atoms with van der Waals surface area (Å²) in [6.07, 6.45) is 1.74. The molecule has 0 aliphatic rings. The minimum absolute atomic E-state index is 0.477. The molecule has 0 unspecified atom stereocenters. The highest BCUT2D eigenvalue weighted by Gasteiger charge is 2.04. The second-order valence-electron chi connectivity index (χ2n) is 3.88. The van der Waals surface area contributed by atoms with Gasteiger partial charge in [0, 0.05) is 18.3 Å². The van der Waals surface area contributed by atoms with Gasteiger partial charge in [0.05, 0.1) is 22.9 Å². The van der Waals surface area contributed by atoms with Gasteiger partial charge in [-0.05, 0) is 36.5 Å². The molecule has 7 heteroatoms. The van der Waals surface area contributed by atoms with Crippen LogP contribution in [0.4, 0.5) is 5.69 Å². The van der Waals surface area contributed by atoms with Crippen molar-refractivity contribution in [2.24, 2.45) is 7.05 Å². The van der Waals surface area contributed by atoms with Gasteiger partial charge in [-0.3, -0.25) is 4.68 Å². The number of halogens is 2. The van der Waals surface area contributed by atoms with Crippen LogP contribution in [-0.4, -0.2) is 14.9 Å². The standard InChI is InChI=1S/C12H12Cl2N4S/c1-18-9(4-5-16-18)7-15-12(19)17-11-6-8(13)2-3-10(11)14/h2-6H,7H2,1H3,(H2,15,17,19). The highest BCUT2D eigenvalue weighted by atomic mass is 35.5. The summed E-state index contributed by atoms with van der Waals surface area (Å²) in [5, 5.41) is 11.8. The zero-order valence-corrected chi connectivity index (χ0v) is 12.5. The van der Waals surface area contributed by atoms with E-state index < -0.39 is 0 Å². The molecule has 2 rings (SSSR count). The van der Waals surface area contributed by atoms with Crippen LogP contribution in [-0.2, 0) is 13.6 Å². The number of hydrogen-bond acceptors (Lipinski definition) is 2. The summed E-state index contributed by atoms with van der Waals surface area (Å²) in [7, 11) is 1.88. The molecule has 0 saturated heterocycles. The number of anilines is 1. The van der Waals surface area contributed by atoms with Crippen molar-refractivity contribution in [2.75, 3.05) is 5.32 Å². The Balaban J connectivity index is 1.94. The van der Waals surface area contributed by atoms with Gasteiger partial charge in [-0.25, -0.2) is 0 Å². The lowest BCUT2D eigenvalue weighted by Gasteiger charge is -2.12. The van der Waals surface area contributed by atoms with Gasteiger partial charge in [-0.2, -0.15) is 5.10 Å². The molecular formula is C12H12Cl2N4S. The molecule has 4 nitrogen and oxygen atoms in total. The van der Waals surface area contributed by atoms with Gasteiger partial charge in [0.25, 0.3) is 0 Å². The summed E-state index contributed by atoms with van der Waals surface area (Å²) in [5.74, 6) is 0. The van der Waals surface area contributed by atoms with Gasteiger partial charge in [0.15, 0.2) is 5.11 Å². The molecular weight excluding hydrogens is 303 g/mol. The third kappa shape index (κ3) is 3.83. The van der Waals surface area contributed by atoms with E-state index in [2.05, 4.69) is 15.7 Å². The second kappa shape index (κ2) is 6.23. The summed E-state index contributed by atoms with van der Waals surface area (Å²) < 4.78 is 1.78. The van der Waals surface area contributed by atoms with E-state index in [1.54, 1.807) is 29.1 Å². The largest absolute Gasteiger partial charge is 0.357 e. The molecule has 0 spiro atoms. The predicted molar refractivity (Wildman–Crippen MR) is 82.7 cm³/mol. The number of aryl methyl sites for hydroxylation is 1. The summed E-state index contributed by atoms with van der Waals surface area (Å²) in [6.45, 7) is 0.584. The quantitative estimate of drug-likeness (QED) is 0.854. The van der Waals surface area contributed by atoms with Crippen molar-refractivity contribution in [3.63, 3.8) is 0 Å². The molecule has 19 heavy (non-hydrogen) atoms. The van der Waals surface area contributed by atoms with E-state index in [1.807, 2.05) is 13.1 Å². The van der Waals surface area contributed by atoms with E-state index in [9.17, 15) is 0 Å². The Kier molecular flexibility index (Phi) is 4.63. The fraction of sp³-hybridized carbons (Fsp3) is 0.167. The minimum atomic E-state index is 0.477. The Bertz CT molecular complexity index is 597. The number of rotatable bonds is 3. The Morgan fingerprint density at radius 1 is 1.37 bits per heavy atom. The molecule has 0 aliphatic carbocycles. The fourth-order valence-corrected chi connectivity index (χ4v) is 2.02. The second-order valence-corrected chi connectivity index (χ2v) is 5.13. The van der Waals surface area contributed by atoms with Gasteiger partial charge in [0.1, 0.15) is 0 Å². The molecule has 0 atom stereocenters. The first-order chi connectivity index (χ1) is 9.06. The van der Waals surface area contributed by atoms with Crippen LogP contribution in [0.5, 0.6) is 0 Å². The van der Waals surface area contributed by atoms with Gasteiger partial charge in [-0.15, -0.1) is 0 Å². The van der Waals surface area contributed by atoms with Crippen LogP contribution >= 0.6 is 35.4 Å². The Morgan fingerprint density at radius 3 is 2.84 bits per heavy atom. The van der Waals surface area contributed by atoms with E-state index in [4.69, 9.17) is 35.4 Å². The average molecular weight is 315 g/mol. The molecule has 2 aromatic rings. The highest BCUT2D eigenvalue weighted by molar-refractivity contribution is 7.80. The summed E-state index contributed by atoms with van der Waals surface area (Å²) in [6, 6.07) is 7.08. The highest BCUT2D eigenvalue weighted by Crippen LogP contribution is 2.25. The summed E-state index contributed by atoms with van der Waals surface area (Å²) in [5.41, 5.74) is 1.71. The molecule has 0 bridgehead atoms. The van der Waals surface area contributed by atoms with Crippen LogP contribution < -0.4 is 10.6 Å². The number of benzene rings is 1. The van der Waals surface area contributed by atoms with Crippen molar-refractivity contribution in [2.45, 2.75) is 6.54 Å². The number of nitrogens with zero attached hydrogens (tertiary/aromatic N) is 2. The monoisotopic (exact) mass is 314 g/mol. The Labute approximate surface area is 126 Å². The van der Waals surface area contributed by atoms with E-state index in [-0.39, 0.29) is 0 Å². The molecule has 1 aromatic carbocycles. The predicted octanol–water partition coefficient (Wildman–Crippen LogP) is 3.21. The van der Waals surface area contributed by atoms with Crippen LogP contribution in [0.3, 0.4) is 0 Å². The summed E-state index contributed by atoms with van der Waals surface area (Å²) in [4.78, 5) is 0. The molecule has 0 amide bonds. The smallest absolute Gasteiger partial charge is 0.171 e. The zero-order chi connectivity index (χ0) is 13.8. The molecule has 0 saturated carbocycles. The maximum atomic E-state index is 6.04. The molecule has 0 fully saturated rings. The van der Waals surface area contributed by atoms with Gasteiger partial charge >= 0.3 is 0 Å². The van der Waals surface area contributed by atoms with Crippen molar-refractivity contribution in [3.8, 4) is 0 Å². The van der Waals surface area contributed by atoms with Crippen molar-refractivity contribution in [3.05, 3.63) is 46.2 Å². The van der Waals surface area contributed by atoms with Crippen LogP contribution in [0.25, 0.3) is 0 Å². The first kappa shape index (κ1) is 14.1. The number of hydrogen-bond donors (Lipinski definition) is 2. The number of aromatic nitrogens is 2. The molecule has 0 radical (unpaired) electrons. The average Bonchev–Trinajstić information content (AvgIpc) is 2.77. The molecule has 1 aromatic heterocycles. The third-order valence-corrected chi connectivity index (χ3v) is 3.34. The van der Waals surface area contributed by atoms with Crippen molar-refractivity contribution in [1.82, 2.24) is 15.1 Å². The first-order valence-corrected chi connectivity index (χ1v) is 6.69. The third-order valence-electron chi connectivity index (χ3n) is 2.53. The lowest BCUT2D eigenvalue weighted by Crippen LogP contribution is -2.28. The lowest BCUT2D eigenvalue weighted by molar-refractivity contribution is 0.695. The van der Waals surface area contributed by atoms with Crippen LogP contribution in [0.2, 0.25) is 10.0 Å². The Morgan fingerprint density at radius 2 is 2.16 bits per heavy atom. The van der Waals surface area contributed by atoms with Gasteiger partial charge in [0.2, 0.25) is 0 Å². The number of nitrogens with one attached hydrogen (secondary N) is 2. The van der Waals surface area contributed by atoms with Crippen molar-refractivity contribution < 1.29 is 0 Å². The van der Waals surface area contributed by atoms with Gasteiger partial charge < -0.3 is 10.6 Å². The van der Waals surface area contributed by atoms with E-state index in [1.165, 1.54) is 0 Å². The molecule has 100 valence electrons. The van der Waals surface area contributed by atoms with E-state index >= 15 is 0 Å². The normalized spacial score (nSPS) is 10.3. The molecule has 0 aliphatic heterocycles. The van der Waals surface area contributed by atoms with Gasteiger partial charge in [-0.1, -0.05) is 23.2 Å². The molecule has 1 heterocycles. The molecule has 2 N–H and O–H groups in total. The zero-order valence-electron chi connectivity index (χ0n) is 10.2. The topological polar surface area (TPSA) is 41.9 Å². The maximum absolute atomic E-state index is 6.04. The van der Waals surface area contributed by atoms with Crippen molar-refractivity contribution >= 4 is 46.2 Å². The Hall–Kier alpha value is -1.30. The number of thiocarbonyl (C=S) groups is 1. The SMILES string of the molecule is Cn1nccc1CNC(=S)Nc1cc(Cl)ccc1Cl. The van der Waals surface area contributed by atoms with E-state index in [0.717, 1.165) is 5.69 Å². The van der Waals surface area contributed by atoms with Crippen LogP contribution in [0, 0.1) is 0 Å². The maximum Gasteiger partial charge on any atom is 0.171 e. The fourth-order valence-electron chi connectivity index (χ4n) is 1.51. The van der Waals surface area contributed by atoms with Crippen molar-refractivity contribution in [1.29, 1.82) is 0 Å². The first-order valence-electron chi connectivity index (χ1n) is 5.53. The summed E-state index contributed by atoms with van der Waals surface area (Å²) >= 11 is 17.1.